The third-order valence-electron chi connectivity index (χ3n) is 7.13. The van der Waals surface area contributed by atoms with E-state index in [0.717, 1.165) is 54.6 Å². The Kier molecular flexibility index (Phi) is 5.13. The molecule has 0 amide bonds. The largest absolute Gasteiger partial charge is 0.511 e. The van der Waals surface area contributed by atoms with Crippen molar-refractivity contribution >= 4 is 16.6 Å². The number of likely N-dealkylation sites (tertiary alicyclic amines) is 1. The third-order valence-corrected chi connectivity index (χ3v) is 7.13. The molecule has 2 heterocycles. The van der Waals surface area contributed by atoms with Crippen molar-refractivity contribution in [1.29, 1.82) is 0 Å². The van der Waals surface area contributed by atoms with Gasteiger partial charge in [-0.2, -0.15) is 0 Å². The standard InChI is InChI=1S/C25H27N3O4/c1-15(29)25(17-4-3-5-20(10-17)32-2)27-9-8-16-12-23-22(11-18(16)14-27)21-7-6-19(28(30)31)13-24(21)26-23/h3-7,10,13,16,18,25-26,29H,1,8-9,11-12,14H2,2H3. The Morgan fingerprint density at radius 3 is 2.88 bits per heavy atom. The van der Waals surface area contributed by atoms with Crippen LogP contribution < -0.4 is 4.74 Å². The summed E-state index contributed by atoms with van der Waals surface area (Å²) in [6.45, 7) is 5.62. The second-order valence-electron chi connectivity index (χ2n) is 8.95. The van der Waals surface area contributed by atoms with Crippen molar-refractivity contribution in [2.75, 3.05) is 20.2 Å². The first-order valence-electron chi connectivity index (χ1n) is 11.0. The number of aromatic amines is 1. The fourth-order valence-electron chi connectivity index (χ4n) is 5.61. The van der Waals surface area contributed by atoms with Gasteiger partial charge >= 0.3 is 0 Å². The molecule has 3 unspecified atom stereocenters. The molecule has 1 fully saturated rings. The van der Waals surface area contributed by atoms with E-state index in [9.17, 15) is 15.2 Å². The van der Waals surface area contributed by atoms with Crippen LogP contribution in [-0.2, 0) is 12.8 Å². The smallest absolute Gasteiger partial charge is 0.271 e. The van der Waals surface area contributed by atoms with E-state index in [1.54, 1.807) is 19.2 Å². The van der Waals surface area contributed by atoms with Gasteiger partial charge in [-0.05, 0) is 67.0 Å². The van der Waals surface area contributed by atoms with Gasteiger partial charge in [0.05, 0.1) is 23.6 Å². The van der Waals surface area contributed by atoms with Crippen molar-refractivity contribution in [3.8, 4) is 5.75 Å². The zero-order chi connectivity index (χ0) is 22.4. The maximum atomic E-state index is 11.2. The van der Waals surface area contributed by atoms with Crippen molar-refractivity contribution in [3.05, 3.63) is 81.7 Å². The molecule has 3 aromatic rings. The van der Waals surface area contributed by atoms with E-state index in [0.29, 0.717) is 11.8 Å². The lowest BCUT2D eigenvalue weighted by atomic mass is 9.73. The number of non-ortho nitro benzene ring substituents is 1. The van der Waals surface area contributed by atoms with Crippen molar-refractivity contribution < 1.29 is 14.8 Å². The van der Waals surface area contributed by atoms with Crippen LogP contribution in [0.3, 0.4) is 0 Å². The number of aromatic nitrogens is 1. The average molecular weight is 434 g/mol. The molecule has 7 heteroatoms. The monoisotopic (exact) mass is 433 g/mol. The number of piperidine rings is 1. The molecule has 0 saturated carbocycles. The second kappa shape index (κ2) is 7.98. The molecule has 5 rings (SSSR count). The molecule has 1 aliphatic carbocycles. The SMILES string of the molecule is C=C(O)C(c1cccc(OC)c1)N1CCC2Cc3[nH]c4cc([N+](=O)[O-])ccc4c3CC2C1. The van der Waals surface area contributed by atoms with Gasteiger partial charge in [-0.1, -0.05) is 18.7 Å². The van der Waals surface area contributed by atoms with Crippen molar-refractivity contribution in [2.24, 2.45) is 11.8 Å². The highest BCUT2D eigenvalue weighted by atomic mass is 16.6. The topological polar surface area (TPSA) is 91.6 Å². The number of nitro groups is 1. The fourth-order valence-corrected chi connectivity index (χ4v) is 5.61. The van der Waals surface area contributed by atoms with E-state index in [1.807, 2.05) is 30.3 Å². The molecule has 0 radical (unpaired) electrons. The van der Waals surface area contributed by atoms with Crippen LogP contribution >= 0.6 is 0 Å². The number of hydrogen-bond donors (Lipinski definition) is 2. The summed E-state index contributed by atoms with van der Waals surface area (Å²) in [5.41, 5.74) is 4.43. The van der Waals surface area contributed by atoms with Gasteiger partial charge in [-0.3, -0.25) is 15.0 Å². The maximum Gasteiger partial charge on any atom is 0.271 e. The van der Waals surface area contributed by atoms with Gasteiger partial charge in [0.1, 0.15) is 11.5 Å². The molecule has 32 heavy (non-hydrogen) atoms. The zero-order valence-electron chi connectivity index (χ0n) is 18.1. The van der Waals surface area contributed by atoms with Gasteiger partial charge in [0.2, 0.25) is 0 Å². The highest BCUT2D eigenvalue weighted by Gasteiger charge is 2.38. The second-order valence-corrected chi connectivity index (χ2v) is 8.95. The van der Waals surface area contributed by atoms with Crippen LogP contribution in [0.15, 0.2) is 54.8 Å². The molecule has 1 aliphatic heterocycles. The van der Waals surface area contributed by atoms with E-state index in [2.05, 4.69) is 16.5 Å². The normalized spacial score (nSPS) is 21.5. The summed E-state index contributed by atoms with van der Waals surface area (Å²) >= 11 is 0. The van der Waals surface area contributed by atoms with E-state index in [4.69, 9.17) is 4.74 Å². The van der Waals surface area contributed by atoms with Gasteiger partial charge in [0.25, 0.3) is 5.69 Å². The number of nitro benzene ring substituents is 1. The summed E-state index contributed by atoms with van der Waals surface area (Å²) < 4.78 is 5.38. The van der Waals surface area contributed by atoms with Gasteiger partial charge < -0.3 is 14.8 Å². The maximum absolute atomic E-state index is 11.2. The van der Waals surface area contributed by atoms with Crippen LogP contribution in [0, 0.1) is 22.0 Å². The molecule has 3 atom stereocenters. The van der Waals surface area contributed by atoms with Gasteiger partial charge in [-0.15, -0.1) is 0 Å². The molecule has 0 bridgehead atoms. The van der Waals surface area contributed by atoms with Crippen LogP contribution in [0.5, 0.6) is 5.75 Å². The minimum Gasteiger partial charge on any atom is -0.511 e. The summed E-state index contributed by atoms with van der Waals surface area (Å²) in [6.07, 6.45) is 2.92. The summed E-state index contributed by atoms with van der Waals surface area (Å²) in [5.74, 6) is 1.92. The molecule has 2 aromatic carbocycles. The van der Waals surface area contributed by atoms with Crippen LogP contribution in [0.4, 0.5) is 5.69 Å². The summed E-state index contributed by atoms with van der Waals surface area (Å²) in [4.78, 5) is 16.6. The predicted octanol–water partition coefficient (Wildman–Crippen LogP) is 4.93. The predicted molar refractivity (Wildman–Crippen MR) is 123 cm³/mol. The molecular formula is C25H27N3O4. The quantitative estimate of drug-likeness (QED) is 0.338. The number of nitrogens with zero attached hydrogens (tertiary/aromatic N) is 2. The first kappa shape index (κ1) is 20.6. The Morgan fingerprint density at radius 2 is 2.12 bits per heavy atom. The Labute approximate surface area is 186 Å². The van der Waals surface area contributed by atoms with Crippen molar-refractivity contribution in [1.82, 2.24) is 9.88 Å². The van der Waals surface area contributed by atoms with Crippen LogP contribution in [0.2, 0.25) is 0 Å². The van der Waals surface area contributed by atoms with Crippen LogP contribution in [0.1, 0.15) is 29.3 Å². The van der Waals surface area contributed by atoms with Crippen LogP contribution in [0.25, 0.3) is 10.9 Å². The molecule has 2 aliphatic rings. The summed E-state index contributed by atoms with van der Waals surface area (Å²) in [6, 6.07) is 12.6. The highest BCUT2D eigenvalue weighted by molar-refractivity contribution is 5.86. The Morgan fingerprint density at radius 1 is 1.28 bits per heavy atom. The molecule has 166 valence electrons. The Bertz CT molecular complexity index is 1200. The molecule has 2 N–H and O–H groups in total. The number of ether oxygens (including phenoxy) is 1. The Hall–Kier alpha value is -3.32. The minimum absolute atomic E-state index is 0.113. The number of H-pyrrole nitrogens is 1. The number of rotatable bonds is 5. The molecule has 1 aromatic heterocycles. The lowest BCUT2D eigenvalue weighted by Crippen LogP contribution is -2.45. The number of aliphatic hydroxyl groups is 1. The zero-order valence-corrected chi connectivity index (χ0v) is 18.1. The van der Waals surface area contributed by atoms with Crippen molar-refractivity contribution in [2.45, 2.75) is 25.3 Å². The van der Waals surface area contributed by atoms with E-state index < -0.39 is 0 Å². The first-order valence-corrected chi connectivity index (χ1v) is 11.0. The van der Waals surface area contributed by atoms with Crippen LogP contribution in [-0.4, -0.2) is 40.1 Å². The summed E-state index contributed by atoms with van der Waals surface area (Å²) in [5, 5.41) is 22.7. The van der Waals surface area contributed by atoms with E-state index in [1.165, 1.54) is 11.3 Å². The molecule has 7 nitrogen and oxygen atoms in total. The summed E-state index contributed by atoms with van der Waals surface area (Å²) in [7, 11) is 1.64. The number of fused-ring (bicyclic) bond motifs is 4. The highest BCUT2D eigenvalue weighted by Crippen LogP contribution is 2.42. The van der Waals surface area contributed by atoms with Gasteiger partial charge in [-0.25, -0.2) is 0 Å². The van der Waals surface area contributed by atoms with E-state index in [-0.39, 0.29) is 22.4 Å². The van der Waals surface area contributed by atoms with Crippen molar-refractivity contribution in [3.63, 3.8) is 0 Å². The number of nitrogens with one attached hydrogen (secondary N) is 1. The molecule has 1 saturated heterocycles. The fraction of sp³-hybridized carbons (Fsp3) is 0.360. The number of benzene rings is 2. The molecule has 0 spiro atoms. The Balaban J connectivity index is 1.42. The molecular weight excluding hydrogens is 406 g/mol. The number of hydrogen-bond acceptors (Lipinski definition) is 5. The minimum atomic E-state index is -0.350. The number of methoxy groups -OCH3 is 1. The number of aliphatic hydroxyl groups excluding tert-OH is 1. The average Bonchev–Trinajstić information content (AvgIpc) is 3.14. The third kappa shape index (κ3) is 3.52. The lowest BCUT2D eigenvalue weighted by molar-refractivity contribution is -0.384. The lowest BCUT2D eigenvalue weighted by Gasteiger charge is -2.44. The van der Waals surface area contributed by atoms with E-state index >= 15 is 0 Å². The van der Waals surface area contributed by atoms with Gasteiger partial charge in [0, 0.05) is 29.8 Å². The first-order chi connectivity index (χ1) is 15.4. The van der Waals surface area contributed by atoms with Gasteiger partial charge in [0.15, 0.2) is 0 Å².